The summed E-state index contributed by atoms with van der Waals surface area (Å²) in [5.74, 6) is -1.92. The van der Waals surface area contributed by atoms with Crippen LogP contribution in [0.25, 0.3) is 0 Å². The fourth-order valence-electron chi connectivity index (χ4n) is 0.304. The number of carboxylic acids is 1. The van der Waals surface area contributed by atoms with Gasteiger partial charge in [0.05, 0.1) is 6.42 Å². The van der Waals surface area contributed by atoms with Gasteiger partial charge in [-0.3, -0.25) is 9.59 Å². The predicted molar refractivity (Wildman–Crippen MR) is 35.9 cm³/mol. The number of nitrogens with two attached hydrogens (primary N) is 2. The minimum absolute atomic E-state index is 0. The first-order chi connectivity index (χ1) is 4.04. The van der Waals surface area contributed by atoms with E-state index in [2.05, 4.69) is 5.73 Å². The molecule has 0 spiro atoms. The Bertz CT molecular complexity index is 140. The third-order valence-corrected chi connectivity index (χ3v) is 0.738. The Balaban J connectivity index is -0.000000320. The van der Waals surface area contributed by atoms with E-state index in [9.17, 15) is 9.59 Å². The number of carbonyl (C=O) groups excluding carboxylic acids is 1. The molecule has 0 saturated carbocycles. The molecule has 7 heteroatoms. The van der Waals surface area contributed by atoms with Crippen LogP contribution in [0.1, 0.15) is 6.42 Å². The molecule has 0 radical (unpaired) electrons. The fraction of sp³-hybridized carbons (Fsp3) is 0.500. The maximum atomic E-state index is 9.99. The molecule has 0 aliphatic heterocycles. The Labute approximate surface area is 93.2 Å². The van der Waals surface area contributed by atoms with Crippen molar-refractivity contribution in [1.29, 1.82) is 0 Å². The third kappa shape index (κ3) is 10.1. The minimum Gasteiger partial charge on any atom is -2.00 e. The van der Waals surface area contributed by atoms with Crippen molar-refractivity contribution in [3.8, 4) is 0 Å². The Kier molecular flexibility index (Phi) is 12.9. The van der Waals surface area contributed by atoms with Gasteiger partial charge < -0.3 is 22.1 Å². The van der Waals surface area contributed by atoms with Gasteiger partial charge in [-0.1, -0.05) is 0 Å². The van der Waals surface area contributed by atoms with Crippen molar-refractivity contribution in [3.63, 3.8) is 0 Å². The van der Waals surface area contributed by atoms with Crippen LogP contribution >= 0.6 is 0 Å². The van der Waals surface area contributed by atoms with E-state index in [0.717, 1.165) is 0 Å². The fourth-order valence-corrected chi connectivity index (χ4v) is 0.304. The molecule has 0 saturated heterocycles. The molecule has 0 aliphatic rings. The van der Waals surface area contributed by atoms with Gasteiger partial charge in [-0.2, -0.15) is 0 Å². The standard InChI is InChI=1S/C4H8N2O3.Ca.O/c5-2(4(8)9)1-3(6)7;;/h2H,1,5H2,(H2,6,7)(H,8,9);;/q;+2;-2/t2-;;/m0../s1. The molecule has 0 bridgehead atoms. The van der Waals surface area contributed by atoms with Gasteiger partial charge in [0.1, 0.15) is 6.04 Å². The Hall–Kier alpha value is 0.120. The summed E-state index contributed by atoms with van der Waals surface area (Å²) in [4.78, 5) is 19.9. The van der Waals surface area contributed by atoms with Gasteiger partial charge in [-0.05, 0) is 0 Å². The second-order valence-corrected chi connectivity index (χ2v) is 1.62. The third-order valence-electron chi connectivity index (χ3n) is 0.738. The molecule has 0 aromatic rings. The van der Waals surface area contributed by atoms with Crippen LogP contribution in [0, 0.1) is 0 Å². The van der Waals surface area contributed by atoms with Gasteiger partial charge in [0.2, 0.25) is 5.91 Å². The molecule has 0 aliphatic carbocycles. The second-order valence-electron chi connectivity index (χ2n) is 1.62. The molecular weight excluding hydrogens is 180 g/mol. The van der Waals surface area contributed by atoms with Gasteiger partial charge >= 0.3 is 43.7 Å². The number of rotatable bonds is 3. The van der Waals surface area contributed by atoms with Gasteiger partial charge in [-0.15, -0.1) is 0 Å². The van der Waals surface area contributed by atoms with E-state index in [1.807, 2.05) is 0 Å². The number of amides is 1. The number of carboxylic acid groups (broad SMARTS) is 1. The number of primary amides is 1. The zero-order chi connectivity index (χ0) is 7.44. The van der Waals surface area contributed by atoms with Crippen molar-refractivity contribution in [2.45, 2.75) is 12.5 Å². The summed E-state index contributed by atoms with van der Waals surface area (Å²) in [5, 5.41) is 8.10. The van der Waals surface area contributed by atoms with Crippen molar-refractivity contribution in [1.82, 2.24) is 0 Å². The summed E-state index contributed by atoms with van der Waals surface area (Å²) >= 11 is 0. The van der Waals surface area contributed by atoms with Crippen LogP contribution in [-0.4, -0.2) is 60.8 Å². The zero-order valence-electron chi connectivity index (χ0n) is 5.82. The molecule has 0 fully saturated rings. The van der Waals surface area contributed by atoms with Crippen LogP contribution in [0.2, 0.25) is 0 Å². The molecule has 1 amide bonds. The number of hydrogen-bond donors (Lipinski definition) is 3. The summed E-state index contributed by atoms with van der Waals surface area (Å²) in [7, 11) is 0. The summed E-state index contributed by atoms with van der Waals surface area (Å²) in [5.41, 5.74) is 9.57. The topological polar surface area (TPSA) is 135 Å². The van der Waals surface area contributed by atoms with Crippen molar-refractivity contribution in [3.05, 3.63) is 0 Å². The van der Waals surface area contributed by atoms with Crippen LogP contribution in [0.15, 0.2) is 0 Å². The number of aliphatic carboxylic acids is 1. The van der Waals surface area contributed by atoms with Gasteiger partial charge in [0.25, 0.3) is 0 Å². The molecule has 0 unspecified atom stereocenters. The largest absolute Gasteiger partial charge is 2.00 e. The molecule has 0 aromatic heterocycles. The predicted octanol–water partition coefficient (Wildman–Crippen LogP) is -2.23. The van der Waals surface area contributed by atoms with Gasteiger partial charge in [-0.25, -0.2) is 0 Å². The van der Waals surface area contributed by atoms with Gasteiger partial charge in [0.15, 0.2) is 0 Å². The van der Waals surface area contributed by atoms with Crippen molar-refractivity contribution < 1.29 is 20.2 Å². The average Bonchev–Trinajstić information content (AvgIpc) is 1.63. The molecule has 6 nitrogen and oxygen atoms in total. The summed E-state index contributed by atoms with van der Waals surface area (Å²) in [6.45, 7) is 0. The molecule has 0 heterocycles. The molecule has 11 heavy (non-hydrogen) atoms. The van der Waals surface area contributed by atoms with Crippen LogP contribution < -0.4 is 11.5 Å². The van der Waals surface area contributed by atoms with Crippen LogP contribution in [0.5, 0.6) is 0 Å². The van der Waals surface area contributed by atoms with E-state index in [1.54, 1.807) is 0 Å². The van der Waals surface area contributed by atoms with E-state index >= 15 is 0 Å². The minimum atomic E-state index is -1.21. The van der Waals surface area contributed by atoms with Crippen molar-refractivity contribution in [2.24, 2.45) is 11.5 Å². The maximum absolute atomic E-state index is 9.99. The van der Waals surface area contributed by atoms with Gasteiger partial charge in [0, 0.05) is 0 Å². The first-order valence-electron chi connectivity index (χ1n) is 2.30. The van der Waals surface area contributed by atoms with Crippen LogP contribution in [0.4, 0.5) is 0 Å². The molecule has 0 aromatic carbocycles. The quantitative estimate of drug-likeness (QED) is 0.432. The van der Waals surface area contributed by atoms with Crippen molar-refractivity contribution in [2.75, 3.05) is 0 Å². The van der Waals surface area contributed by atoms with Crippen LogP contribution in [0.3, 0.4) is 0 Å². The zero-order valence-corrected chi connectivity index (χ0v) is 8.03. The molecule has 5 N–H and O–H groups in total. The van der Waals surface area contributed by atoms with E-state index in [0.29, 0.717) is 0 Å². The van der Waals surface area contributed by atoms with Crippen molar-refractivity contribution >= 4 is 49.6 Å². The van der Waals surface area contributed by atoms with Crippen LogP contribution in [-0.2, 0) is 15.1 Å². The SMILES string of the molecule is NC(=O)C[C@H](N)C(=O)O.[Ca+2].[O-2]. The monoisotopic (exact) mass is 188 g/mol. The molecule has 0 rings (SSSR count). The summed E-state index contributed by atoms with van der Waals surface area (Å²) < 4.78 is 0. The normalized spacial score (nSPS) is 10.3. The van der Waals surface area contributed by atoms with E-state index in [-0.39, 0.29) is 49.6 Å². The Morgan fingerprint density at radius 1 is 1.45 bits per heavy atom. The number of carbonyl (C=O) groups is 2. The second kappa shape index (κ2) is 8.22. The maximum Gasteiger partial charge on any atom is 2.00 e. The van der Waals surface area contributed by atoms with E-state index in [4.69, 9.17) is 10.8 Å². The molecule has 60 valence electrons. The summed E-state index contributed by atoms with van der Waals surface area (Å²) in [6.07, 6.45) is -0.310. The van der Waals surface area contributed by atoms with E-state index < -0.39 is 17.9 Å². The number of hydrogen-bond acceptors (Lipinski definition) is 3. The Morgan fingerprint density at radius 2 is 1.82 bits per heavy atom. The first kappa shape index (κ1) is 17.3. The van der Waals surface area contributed by atoms with E-state index in [1.165, 1.54) is 0 Å². The molecular formula is C4H8CaN2O4. The smallest absolute Gasteiger partial charge is 2.00 e. The first-order valence-corrected chi connectivity index (χ1v) is 2.30. The Morgan fingerprint density at radius 3 is 1.91 bits per heavy atom. The molecule has 1 atom stereocenters. The average molecular weight is 188 g/mol. The summed E-state index contributed by atoms with van der Waals surface area (Å²) in [6, 6.07) is -1.16.